The van der Waals surface area contributed by atoms with Crippen molar-refractivity contribution in [1.82, 2.24) is 4.90 Å². The van der Waals surface area contributed by atoms with E-state index in [1.54, 1.807) is 0 Å². The Balaban J connectivity index is 1.96. The van der Waals surface area contributed by atoms with Gasteiger partial charge in [-0.2, -0.15) is 0 Å². The van der Waals surface area contributed by atoms with Gasteiger partial charge in [0.1, 0.15) is 5.60 Å². The van der Waals surface area contributed by atoms with Crippen LogP contribution in [0, 0.1) is 0 Å². The summed E-state index contributed by atoms with van der Waals surface area (Å²) in [5, 5.41) is 0. The van der Waals surface area contributed by atoms with Crippen LogP contribution in [-0.4, -0.2) is 38.3 Å². The molecule has 2 aliphatic heterocycles. The van der Waals surface area contributed by atoms with Gasteiger partial charge in [0.25, 0.3) is 0 Å². The van der Waals surface area contributed by atoms with E-state index in [1.807, 2.05) is 0 Å². The highest BCUT2D eigenvalue weighted by molar-refractivity contribution is 5.49. The summed E-state index contributed by atoms with van der Waals surface area (Å²) in [6, 6.07) is 19.7. The minimum atomic E-state index is -0.460. The third kappa shape index (κ3) is 2.45. The molecule has 0 aliphatic carbocycles. The number of hydrogen-bond acceptors (Lipinski definition) is 3. The van der Waals surface area contributed by atoms with Crippen LogP contribution in [0.5, 0.6) is 0 Å². The fraction of sp³-hybridized carbons (Fsp3) is 0.455. The average molecular weight is 337 g/mol. The summed E-state index contributed by atoms with van der Waals surface area (Å²) >= 11 is 0. The molecule has 4 rings (SSSR count). The van der Waals surface area contributed by atoms with E-state index in [0.29, 0.717) is 0 Å². The number of rotatable bonds is 3. The first kappa shape index (κ1) is 16.8. The van der Waals surface area contributed by atoms with E-state index in [9.17, 15) is 0 Å². The summed E-state index contributed by atoms with van der Waals surface area (Å²) in [7, 11) is 4.27. The highest BCUT2D eigenvalue weighted by atomic mass is 16.5. The van der Waals surface area contributed by atoms with Gasteiger partial charge in [-0.3, -0.25) is 0 Å². The molecule has 3 nitrogen and oxygen atoms in total. The molecule has 1 fully saturated rings. The van der Waals surface area contributed by atoms with Crippen LogP contribution in [0.1, 0.15) is 36.5 Å². The predicted molar refractivity (Wildman–Crippen MR) is 99.6 cm³/mol. The van der Waals surface area contributed by atoms with Gasteiger partial charge in [-0.25, -0.2) is 0 Å². The van der Waals surface area contributed by atoms with Crippen molar-refractivity contribution in [2.24, 2.45) is 0 Å². The third-order valence-corrected chi connectivity index (χ3v) is 6.04. The van der Waals surface area contributed by atoms with E-state index in [2.05, 4.69) is 80.5 Å². The van der Waals surface area contributed by atoms with E-state index in [0.717, 1.165) is 26.1 Å². The maximum Gasteiger partial charge on any atom is 0.135 e. The number of ether oxygens (including phenoxy) is 2. The van der Waals surface area contributed by atoms with E-state index in [1.165, 1.54) is 16.7 Å². The SMILES string of the molecule is CC(N(C)C)C1(c2ccccc2)OC2(CCOCC2)c2ccccc21. The Hall–Kier alpha value is -1.68. The topological polar surface area (TPSA) is 21.7 Å². The second kappa shape index (κ2) is 6.24. The van der Waals surface area contributed by atoms with Crippen molar-refractivity contribution in [3.63, 3.8) is 0 Å². The number of benzene rings is 2. The molecular formula is C22H27NO2. The Morgan fingerprint density at radius 2 is 1.48 bits per heavy atom. The van der Waals surface area contributed by atoms with Crippen molar-refractivity contribution in [1.29, 1.82) is 0 Å². The molecule has 0 aromatic heterocycles. The number of likely N-dealkylation sites (N-methyl/N-ethyl adjacent to an activating group) is 1. The zero-order valence-corrected chi connectivity index (χ0v) is 15.4. The van der Waals surface area contributed by atoms with E-state index in [4.69, 9.17) is 9.47 Å². The summed E-state index contributed by atoms with van der Waals surface area (Å²) in [6.45, 7) is 3.78. The van der Waals surface area contributed by atoms with Crippen LogP contribution in [0.2, 0.25) is 0 Å². The smallest absolute Gasteiger partial charge is 0.135 e. The van der Waals surface area contributed by atoms with Crippen molar-refractivity contribution >= 4 is 0 Å². The lowest BCUT2D eigenvalue weighted by atomic mass is 9.78. The fourth-order valence-electron chi connectivity index (χ4n) is 4.51. The van der Waals surface area contributed by atoms with Gasteiger partial charge in [0.05, 0.1) is 5.60 Å². The Bertz CT molecular complexity index is 737. The summed E-state index contributed by atoms with van der Waals surface area (Å²) < 4.78 is 12.8. The molecule has 2 aromatic rings. The van der Waals surface area contributed by atoms with Crippen molar-refractivity contribution in [3.8, 4) is 0 Å². The molecule has 0 N–H and O–H groups in total. The second-order valence-electron chi connectivity index (χ2n) is 7.50. The van der Waals surface area contributed by atoms with E-state index >= 15 is 0 Å². The number of nitrogens with zero attached hydrogens (tertiary/aromatic N) is 1. The highest BCUT2D eigenvalue weighted by Gasteiger charge is 2.57. The molecule has 2 unspecified atom stereocenters. The second-order valence-corrected chi connectivity index (χ2v) is 7.50. The highest BCUT2D eigenvalue weighted by Crippen LogP contribution is 2.56. The van der Waals surface area contributed by atoms with Crippen LogP contribution in [0.4, 0.5) is 0 Å². The molecule has 0 amide bonds. The van der Waals surface area contributed by atoms with Gasteiger partial charge in [0.2, 0.25) is 0 Å². The summed E-state index contributed by atoms with van der Waals surface area (Å²) in [5.41, 5.74) is 3.18. The Labute approximate surface area is 150 Å². The maximum absolute atomic E-state index is 7.14. The first-order valence-corrected chi connectivity index (χ1v) is 9.20. The molecule has 3 heteroatoms. The summed E-state index contributed by atoms with van der Waals surface area (Å²) in [6.07, 6.45) is 1.83. The lowest BCUT2D eigenvalue weighted by Gasteiger charge is -2.43. The van der Waals surface area contributed by atoms with Crippen LogP contribution in [0.25, 0.3) is 0 Å². The monoisotopic (exact) mass is 337 g/mol. The molecule has 2 heterocycles. The normalized spacial score (nSPS) is 25.9. The van der Waals surface area contributed by atoms with Crippen molar-refractivity contribution in [2.45, 2.75) is 37.0 Å². The first-order valence-electron chi connectivity index (χ1n) is 9.20. The molecule has 2 atom stereocenters. The lowest BCUT2D eigenvalue weighted by Crippen LogP contribution is -2.49. The molecule has 25 heavy (non-hydrogen) atoms. The predicted octanol–water partition coefficient (Wildman–Crippen LogP) is 3.92. The Kier molecular flexibility index (Phi) is 4.19. The van der Waals surface area contributed by atoms with Gasteiger partial charge in [-0.1, -0.05) is 54.6 Å². The zero-order valence-electron chi connectivity index (χ0n) is 15.4. The van der Waals surface area contributed by atoms with Gasteiger partial charge in [0, 0.05) is 32.1 Å². The maximum atomic E-state index is 7.14. The quantitative estimate of drug-likeness (QED) is 0.847. The number of fused-ring (bicyclic) bond motifs is 2. The van der Waals surface area contributed by atoms with Crippen LogP contribution >= 0.6 is 0 Å². The zero-order chi connectivity index (χ0) is 17.5. The van der Waals surface area contributed by atoms with Gasteiger partial charge >= 0.3 is 0 Å². The molecule has 1 saturated heterocycles. The molecule has 1 spiro atoms. The van der Waals surface area contributed by atoms with Gasteiger partial charge in [-0.05, 0) is 37.7 Å². The average Bonchev–Trinajstić information content (AvgIpc) is 2.94. The van der Waals surface area contributed by atoms with Crippen LogP contribution in [-0.2, 0) is 20.7 Å². The molecule has 0 saturated carbocycles. The first-order chi connectivity index (χ1) is 12.1. The largest absolute Gasteiger partial charge is 0.381 e. The summed E-state index contributed by atoms with van der Waals surface area (Å²) in [5.74, 6) is 0. The molecule has 0 radical (unpaired) electrons. The van der Waals surface area contributed by atoms with Gasteiger partial charge in [0.15, 0.2) is 0 Å². The molecule has 0 bridgehead atoms. The third-order valence-electron chi connectivity index (χ3n) is 6.04. The van der Waals surface area contributed by atoms with Crippen molar-refractivity contribution in [3.05, 3.63) is 71.3 Å². The minimum Gasteiger partial charge on any atom is -0.381 e. The van der Waals surface area contributed by atoms with Crippen LogP contribution in [0.3, 0.4) is 0 Å². The van der Waals surface area contributed by atoms with Crippen molar-refractivity contribution < 1.29 is 9.47 Å². The molecule has 2 aromatic carbocycles. The number of hydrogen-bond donors (Lipinski definition) is 0. The van der Waals surface area contributed by atoms with Crippen molar-refractivity contribution in [2.75, 3.05) is 27.3 Å². The van der Waals surface area contributed by atoms with E-state index < -0.39 is 5.60 Å². The fourth-order valence-corrected chi connectivity index (χ4v) is 4.51. The Morgan fingerprint density at radius 1 is 0.880 bits per heavy atom. The van der Waals surface area contributed by atoms with Gasteiger partial charge in [-0.15, -0.1) is 0 Å². The van der Waals surface area contributed by atoms with Crippen LogP contribution < -0.4 is 0 Å². The van der Waals surface area contributed by atoms with E-state index in [-0.39, 0.29) is 11.6 Å². The van der Waals surface area contributed by atoms with Crippen LogP contribution in [0.15, 0.2) is 54.6 Å². The molecule has 2 aliphatic rings. The lowest BCUT2D eigenvalue weighted by molar-refractivity contribution is -0.181. The molecular weight excluding hydrogens is 310 g/mol. The summed E-state index contributed by atoms with van der Waals surface area (Å²) in [4.78, 5) is 2.27. The Morgan fingerprint density at radius 3 is 2.12 bits per heavy atom. The standard InChI is InChI=1S/C22H27NO2/c1-17(23(2)3)22(18-9-5-4-6-10-18)20-12-8-7-11-19(20)21(25-22)13-15-24-16-14-21/h4-12,17H,13-16H2,1-3H3. The molecule has 132 valence electrons. The van der Waals surface area contributed by atoms with Gasteiger partial charge < -0.3 is 14.4 Å². The minimum absolute atomic E-state index is 0.207.